The van der Waals surface area contributed by atoms with E-state index in [1.807, 2.05) is 18.2 Å². The highest BCUT2D eigenvalue weighted by Crippen LogP contribution is 2.29. The summed E-state index contributed by atoms with van der Waals surface area (Å²) in [5.41, 5.74) is -0.395. The molecule has 0 radical (unpaired) electrons. The Kier molecular flexibility index (Phi) is 3.89. The predicted molar refractivity (Wildman–Crippen MR) is 89.6 cm³/mol. The molecule has 0 spiro atoms. The molecule has 24 heavy (non-hydrogen) atoms. The van der Waals surface area contributed by atoms with Crippen molar-refractivity contribution in [3.63, 3.8) is 0 Å². The lowest BCUT2D eigenvalue weighted by Crippen LogP contribution is -2.40. The Morgan fingerprint density at radius 2 is 1.62 bits per heavy atom. The van der Waals surface area contributed by atoms with Crippen LogP contribution in [0.1, 0.15) is 13.8 Å². The van der Waals surface area contributed by atoms with Crippen LogP contribution in [0.25, 0.3) is 0 Å². The highest BCUT2D eigenvalue weighted by atomic mass is 16.5. The SMILES string of the molecule is COc1cccc(Oc2ccc(N3C(=O)NC(C)(C)C3=O)cc2)c1. The molecule has 1 aliphatic rings. The van der Waals surface area contributed by atoms with Crippen LogP contribution in [0.3, 0.4) is 0 Å². The van der Waals surface area contributed by atoms with Gasteiger partial charge in [0, 0.05) is 6.07 Å². The third-order valence-electron chi connectivity index (χ3n) is 3.73. The van der Waals surface area contributed by atoms with Gasteiger partial charge in [0.25, 0.3) is 5.91 Å². The van der Waals surface area contributed by atoms with Crippen molar-refractivity contribution >= 4 is 17.6 Å². The quantitative estimate of drug-likeness (QED) is 0.875. The molecule has 124 valence electrons. The second kappa shape index (κ2) is 5.88. The van der Waals surface area contributed by atoms with Gasteiger partial charge in [-0.1, -0.05) is 6.07 Å². The maximum absolute atomic E-state index is 12.3. The van der Waals surface area contributed by atoms with E-state index in [2.05, 4.69) is 5.32 Å². The maximum atomic E-state index is 12.3. The van der Waals surface area contributed by atoms with E-state index in [1.165, 1.54) is 0 Å². The van der Waals surface area contributed by atoms with Gasteiger partial charge >= 0.3 is 6.03 Å². The first kappa shape index (κ1) is 15.9. The van der Waals surface area contributed by atoms with E-state index < -0.39 is 11.6 Å². The number of urea groups is 1. The van der Waals surface area contributed by atoms with E-state index in [9.17, 15) is 9.59 Å². The van der Waals surface area contributed by atoms with E-state index in [0.29, 0.717) is 22.9 Å². The Balaban J connectivity index is 1.78. The molecule has 3 rings (SSSR count). The monoisotopic (exact) mass is 326 g/mol. The molecule has 0 atom stereocenters. The molecule has 2 aromatic carbocycles. The number of benzene rings is 2. The fourth-order valence-corrected chi connectivity index (χ4v) is 2.45. The van der Waals surface area contributed by atoms with Gasteiger partial charge in [-0.3, -0.25) is 4.79 Å². The van der Waals surface area contributed by atoms with E-state index in [-0.39, 0.29) is 5.91 Å². The molecule has 2 aromatic rings. The van der Waals surface area contributed by atoms with Gasteiger partial charge in [-0.2, -0.15) is 0 Å². The molecule has 0 unspecified atom stereocenters. The minimum absolute atomic E-state index is 0.283. The fourth-order valence-electron chi connectivity index (χ4n) is 2.45. The summed E-state index contributed by atoms with van der Waals surface area (Å²) in [5, 5.41) is 2.65. The molecule has 1 aliphatic heterocycles. The summed E-state index contributed by atoms with van der Waals surface area (Å²) >= 11 is 0. The van der Waals surface area contributed by atoms with Crippen LogP contribution in [0.5, 0.6) is 17.2 Å². The first-order valence-electron chi connectivity index (χ1n) is 7.49. The molecular formula is C18H18N2O4. The molecule has 1 fully saturated rings. The van der Waals surface area contributed by atoms with E-state index in [4.69, 9.17) is 9.47 Å². The van der Waals surface area contributed by atoms with E-state index in [0.717, 1.165) is 4.90 Å². The molecule has 0 saturated carbocycles. The van der Waals surface area contributed by atoms with Crippen molar-refractivity contribution in [2.24, 2.45) is 0 Å². The average Bonchev–Trinajstić information content (AvgIpc) is 2.76. The summed E-state index contributed by atoms with van der Waals surface area (Å²) in [6.07, 6.45) is 0. The van der Waals surface area contributed by atoms with Gasteiger partial charge < -0.3 is 14.8 Å². The number of nitrogens with one attached hydrogen (secondary N) is 1. The van der Waals surface area contributed by atoms with E-state index in [1.54, 1.807) is 51.3 Å². The molecule has 6 nitrogen and oxygen atoms in total. The lowest BCUT2D eigenvalue weighted by atomic mass is 10.1. The van der Waals surface area contributed by atoms with Gasteiger partial charge in [-0.25, -0.2) is 9.69 Å². The van der Waals surface area contributed by atoms with Crippen LogP contribution >= 0.6 is 0 Å². The summed E-state index contributed by atoms with van der Waals surface area (Å²) in [7, 11) is 1.59. The zero-order valence-electron chi connectivity index (χ0n) is 13.7. The molecule has 1 N–H and O–H groups in total. The topological polar surface area (TPSA) is 67.9 Å². The Labute approximate surface area is 140 Å². The molecule has 0 bridgehead atoms. The summed E-state index contributed by atoms with van der Waals surface area (Å²) < 4.78 is 10.9. The second-order valence-corrected chi connectivity index (χ2v) is 5.97. The highest BCUT2D eigenvalue weighted by molar-refractivity contribution is 6.23. The normalized spacial score (nSPS) is 16.0. The zero-order chi connectivity index (χ0) is 17.3. The highest BCUT2D eigenvalue weighted by Gasteiger charge is 2.44. The molecule has 0 aliphatic carbocycles. The van der Waals surface area contributed by atoms with Crippen LogP contribution in [-0.2, 0) is 4.79 Å². The molecule has 0 aromatic heterocycles. The lowest BCUT2D eigenvalue weighted by molar-refractivity contribution is -0.121. The first-order valence-corrected chi connectivity index (χ1v) is 7.49. The van der Waals surface area contributed by atoms with Crippen molar-refractivity contribution < 1.29 is 19.1 Å². The fraction of sp³-hybridized carbons (Fsp3) is 0.222. The van der Waals surface area contributed by atoms with Gasteiger partial charge in [-0.15, -0.1) is 0 Å². The van der Waals surface area contributed by atoms with Crippen LogP contribution in [0, 0.1) is 0 Å². The summed E-state index contributed by atoms with van der Waals surface area (Å²) in [6.45, 7) is 3.35. The van der Waals surface area contributed by atoms with Crippen molar-refractivity contribution in [3.8, 4) is 17.2 Å². The molecular weight excluding hydrogens is 308 g/mol. The molecule has 1 heterocycles. The van der Waals surface area contributed by atoms with Crippen molar-refractivity contribution in [1.82, 2.24) is 5.32 Å². The number of carbonyl (C=O) groups is 2. The average molecular weight is 326 g/mol. The second-order valence-electron chi connectivity index (χ2n) is 5.97. The van der Waals surface area contributed by atoms with Crippen molar-refractivity contribution in [2.45, 2.75) is 19.4 Å². The van der Waals surface area contributed by atoms with Gasteiger partial charge in [0.2, 0.25) is 0 Å². The van der Waals surface area contributed by atoms with Crippen LogP contribution in [0.15, 0.2) is 48.5 Å². The van der Waals surface area contributed by atoms with Gasteiger partial charge in [0.05, 0.1) is 12.8 Å². The number of carbonyl (C=O) groups excluding carboxylic acids is 2. The first-order chi connectivity index (χ1) is 11.4. The smallest absolute Gasteiger partial charge is 0.329 e. The Hall–Kier alpha value is -3.02. The molecule has 6 heteroatoms. The minimum Gasteiger partial charge on any atom is -0.497 e. The van der Waals surface area contributed by atoms with Crippen molar-refractivity contribution in [2.75, 3.05) is 12.0 Å². The van der Waals surface area contributed by atoms with Crippen LogP contribution in [0.2, 0.25) is 0 Å². The van der Waals surface area contributed by atoms with Gasteiger partial charge in [0.1, 0.15) is 22.8 Å². The Morgan fingerprint density at radius 3 is 2.21 bits per heavy atom. The third kappa shape index (κ3) is 2.90. The largest absolute Gasteiger partial charge is 0.497 e. The number of nitrogens with zero attached hydrogens (tertiary/aromatic N) is 1. The van der Waals surface area contributed by atoms with Gasteiger partial charge in [0.15, 0.2) is 0 Å². The number of anilines is 1. The Bertz CT molecular complexity index is 784. The van der Waals surface area contributed by atoms with Crippen molar-refractivity contribution in [3.05, 3.63) is 48.5 Å². The standard InChI is InChI=1S/C18H18N2O4/c1-18(2)16(21)20(17(22)19-18)12-7-9-13(10-8-12)24-15-6-4-5-14(11-15)23-3/h4-11H,1-3H3,(H,19,22). The van der Waals surface area contributed by atoms with Crippen LogP contribution in [0.4, 0.5) is 10.5 Å². The van der Waals surface area contributed by atoms with Crippen LogP contribution in [-0.4, -0.2) is 24.6 Å². The Morgan fingerprint density at radius 1 is 0.958 bits per heavy atom. The van der Waals surface area contributed by atoms with Gasteiger partial charge in [-0.05, 0) is 50.2 Å². The maximum Gasteiger partial charge on any atom is 0.329 e. The van der Waals surface area contributed by atoms with Crippen molar-refractivity contribution in [1.29, 1.82) is 0 Å². The third-order valence-corrected chi connectivity index (χ3v) is 3.73. The molecule has 1 saturated heterocycles. The number of amides is 3. The number of hydrogen-bond acceptors (Lipinski definition) is 4. The van der Waals surface area contributed by atoms with E-state index >= 15 is 0 Å². The number of imide groups is 1. The number of hydrogen-bond donors (Lipinski definition) is 1. The summed E-state index contributed by atoms with van der Waals surface area (Å²) in [6, 6.07) is 13.6. The number of methoxy groups -OCH3 is 1. The minimum atomic E-state index is -0.896. The zero-order valence-corrected chi connectivity index (χ0v) is 13.7. The van der Waals surface area contributed by atoms with Crippen LogP contribution < -0.4 is 19.7 Å². The lowest BCUT2D eigenvalue weighted by Gasteiger charge is -2.16. The number of ether oxygens (including phenoxy) is 2. The number of rotatable bonds is 4. The molecule has 3 amide bonds. The predicted octanol–water partition coefficient (Wildman–Crippen LogP) is 3.32. The summed E-state index contributed by atoms with van der Waals surface area (Å²) in [4.78, 5) is 25.4. The summed E-state index contributed by atoms with van der Waals surface area (Å²) in [5.74, 6) is 1.65.